The fourth-order valence-corrected chi connectivity index (χ4v) is 2.45. The summed E-state index contributed by atoms with van der Waals surface area (Å²) in [7, 11) is 0. The van der Waals surface area contributed by atoms with Crippen molar-refractivity contribution >= 4 is 11.9 Å². The minimum Gasteiger partial charge on any atom is -0.490 e. The lowest BCUT2D eigenvalue weighted by Gasteiger charge is -2.12. The highest BCUT2D eigenvalue weighted by Crippen LogP contribution is 2.28. The molecule has 0 saturated carbocycles. The number of nitrogens with one attached hydrogen (secondary N) is 1. The first-order valence-corrected chi connectivity index (χ1v) is 9.40. The van der Waals surface area contributed by atoms with E-state index in [1.807, 2.05) is 6.92 Å². The highest BCUT2D eigenvalue weighted by atomic mass is 19.4. The fraction of sp³-hybridized carbons (Fsp3) is 0.333. The predicted molar refractivity (Wildman–Crippen MR) is 104 cm³/mol. The number of amides is 1. The summed E-state index contributed by atoms with van der Waals surface area (Å²) < 4.78 is 56.1. The van der Waals surface area contributed by atoms with Crippen LogP contribution >= 0.6 is 0 Å². The minimum absolute atomic E-state index is 0.168. The van der Waals surface area contributed by atoms with Crippen molar-refractivity contribution in [3.63, 3.8) is 0 Å². The summed E-state index contributed by atoms with van der Waals surface area (Å²) in [6.45, 7) is 3.90. The second-order valence-corrected chi connectivity index (χ2v) is 6.06. The second-order valence-electron chi connectivity index (χ2n) is 6.06. The average molecular weight is 441 g/mol. The predicted octanol–water partition coefficient (Wildman–Crippen LogP) is 3.86. The largest absolute Gasteiger partial charge is 0.573 e. The van der Waals surface area contributed by atoms with E-state index in [9.17, 15) is 22.8 Å². The van der Waals surface area contributed by atoms with Crippen LogP contribution in [0.3, 0.4) is 0 Å². The molecule has 0 fully saturated rings. The Bertz CT molecular complexity index is 884. The molecule has 10 heteroatoms. The number of halogens is 3. The molecule has 0 saturated heterocycles. The van der Waals surface area contributed by atoms with Crippen molar-refractivity contribution in [1.82, 2.24) is 5.32 Å². The monoisotopic (exact) mass is 441 g/mol. The Morgan fingerprint density at radius 2 is 1.58 bits per heavy atom. The highest BCUT2D eigenvalue weighted by Gasteiger charge is 2.30. The van der Waals surface area contributed by atoms with E-state index in [1.165, 1.54) is 18.2 Å². The number of alkyl halides is 3. The number of benzene rings is 2. The molecular weight excluding hydrogens is 419 g/mol. The standard InChI is InChI=1S/C21H22F3NO6/c1-3-28-17-10-7-15(11-18(17)29-4-2)20(27)25-12-19(26)30-13-14-5-8-16(9-6-14)31-21(22,23)24/h5-11H,3-4,12-13H2,1-2H3,(H,25,27). The number of ether oxygens (including phenoxy) is 4. The summed E-state index contributed by atoms with van der Waals surface area (Å²) in [5.74, 6) is -0.671. The van der Waals surface area contributed by atoms with Crippen molar-refractivity contribution in [1.29, 1.82) is 0 Å². The third kappa shape index (κ3) is 8.07. The van der Waals surface area contributed by atoms with Crippen LogP contribution in [0.5, 0.6) is 17.2 Å². The van der Waals surface area contributed by atoms with Gasteiger partial charge in [-0.2, -0.15) is 0 Å². The van der Waals surface area contributed by atoms with Crippen LogP contribution in [0.2, 0.25) is 0 Å². The molecule has 0 aliphatic rings. The number of carbonyl (C=O) groups excluding carboxylic acids is 2. The van der Waals surface area contributed by atoms with Crippen LogP contribution in [0.15, 0.2) is 42.5 Å². The van der Waals surface area contributed by atoms with Crippen molar-refractivity contribution in [2.75, 3.05) is 19.8 Å². The van der Waals surface area contributed by atoms with Gasteiger partial charge in [-0.1, -0.05) is 12.1 Å². The minimum atomic E-state index is -4.78. The van der Waals surface area contributed by atoms with Gasteiger partial charge < -0.3 is 24.3 Å². The van der Waals surface area contributed by atoms with Crippen molar-refractivity contribution in [2.45, 2.75) is 26.8 Å². The van der Waals surface area contributed by atoms with Gasteiger partial charge in [0, 0.05) is 5.56 Å². The molecule has 2 aromatic rings. The molecule has 0 heterocycles. The molecule has 2 aromatic carbocycles. The van der Waals surface area contributed by atoms with Crippen LogP contribution in [-0.4, -0.2) is 38.0 Å². The molecule has 7 nitrogen and oxygen atoms in total. The summed E-state index contributed by atoms with van der Waals surface area (Å²) in [4.78, 5) is 24.1. The van der Waals surface area contributed by atoms with E-state index in [2.05, 4.69) is 10.1 Å². The Labute approximate surface area is 177 Å². The molecule has 0 aliphatic carbocycles. The molecule has 0 aromatic heterocycles. The number of carbonyl (C=O) groups is 2. The van der Waals surface area contributed by atoms with Gasteiger partial charge in [0.2, 0.25) is 0 Å². The van der Waals surface area contributed by atoms with E-state index in [0.29, 0.717) is 30.3 Å². The van der Waals surface area contributed by atoms with Crippen LogP contribution in [0.1, 0.15) is 29.8 Å². The number of esters is 1. The maximum Gasteiger partial charge on any atom is 0.573 e. The van der Waals surface area contributed by atoms with Crippen molar-refractivity contribution < 1.29 is 41.7 Å². The number of rotatable bonds is 10. The van der Waals surface area contributed by atoms with Crippen LogP contribution in [0, 0.1) is 0 Å². The van der Waals surface area contributed by atoms with Gasteiger partial charge in [0.1, 0.15) is 18.9 Å². The summed E-state index contributed by atoms with van der Waals surface area (Å²) in [6.07, 6.45) is -4.78. The Balaban J connectivity index is 1.84. The lowest BCUT2D eigenvalue weighted by Crippen LogP contribution is -2.30. The van der Waals surface area contributed by atoms with Gasteiger partial charge in [-0.15, -0.1) is 13.2 Å². The van der Waals surface area contributed by atoms with E-state index in [1.54, 1.807) is 19.1 Å². The van der Waals surface area contributed by atoms with Gasteiger partial charge >= 0.3 is 12.3 Å². The molecule has 0 radical (unpaired) electrons. The van der Waals surface area contributed by atoms with Gasteiger partial charge in [-0.3, -0.25) is 9.59 Å². The third-order valence-electron chi connectivity index (χ3n) is 3.76. The lowest BCUT2D eigenvalue weighted by molar-refractivity contribution is -0.274. The normalized spacial score (nSPS) is 10.9. The quantitative estimate of drug-likeness (QED) is 0.564. The van der Waals surface area contributed by atoms with Gasteiger partial charge in [0.15, 0.2) is 11.5 Å². The van der Waals surface area contributed by atoms with Crippen molar-refractivity contribution in [3.8, 4) is 17.2 Å². The maximum absolute atomic E-state index is 12.3. The summed E-state index contributed by atoms with van der Waals surface area (Å²) >= 11 is 0. The lowest BCUT2D eigenvalue weighted by atomic mass is 10.2. The molecule has 0 atom stereocenters. The van der Waals surface area contributed by atoms with Gasteiger partial charge in [-0.05, 0) is 49.7 Å². The summed E-state index contributed by atoms with van der Waals surface area (Å²) in [6, 6.07) is 9.55. The summed E-state index contributed by atoms with van der Waals surface area (Å²) in [5, 5.41) is 2.44. The summed E-state index contributed by atoms with van der Waals surface area (Å²) in [5.41, 5.74) is 0.738. The third-order valence-corrected chi connectivity index (χ3v) is 3.76. The van der Waals surface area contributed by atoms with E-state index >= 15 is 0 Å². The van der Waals surface area contributed by atoms with Crippen LogP contribution in [0.25, 0.3) is 0 Å². The van der Waals surface area contributed by atoms with Crippen molar-refractivity contribution in [3.05, 3.63) is 53.6 Å². The van der Waals surface area contributed by atoms with E-state index < -0.39 is 18.2 Å². The van der Waals surface area contributed by atoms with Gasteiger partial charge in [0.05, 0.1) is 13.2 Å². The molecule has 0 aliphatic heterocycles. The first kappa shape index (κ1) is 23.8. The van der Waals surface area contributed by atoms with E-state index in [4.69, 9.17) is 14.2 Å². The first-order chi connectivity index (χ1) is 14.7. The molecule has 0 bridgehead atoms. The van der Waals surface area contributed by atoms with E-state index in [0.717, 1.165) is 12.1 Å². The van der Waals surface area contributed by atoms with Crippen LogP contribution in [0.4, 0.5) is 13.2 Å². The Hall–Kier alpha value is -3.43. The highest BCUT2D eigenvalue weighted by molar-refractivity contribution is 5.96. The Morgan fingerprint density at radius 3 is 2.19 bits per heavy atom. The molecule has 0 spiro atoms. The Kier molecular flexibility index (Phi) is 8.53. The SMILES string of the molecule is CCOc1ccc(C(=O)NCC(=O)OCc2ccc(OC(F)(F)F)cc2)cc1OCC. The fourth-order valence-electron chi connectivity index (χ4n) is 2.45. The molecule has 1 N–H and O–H groups in total. The van der Waals surface area contributed by atoms with Gasteiger partial charge in [-0.25, -0.2) is 0 Å². The zero-order valence-corrected chi connectivity index (χ0v) is 17.0. The molecule has 2 rings (SSSR count). The number of hydrogen-bond acceptors (Lipinski definition) is 6. The average Bonchev–Trinajstić information content (AvgIpc) is 2.72. The van der Waals surface area contributed by atoms with Gasteiger partial charge in [0.25, 0.3) is 5.91 Å². The molecule has 168 valence electrons. The van der Waals surface area contributed by atoms with Crippen molar-refractivity contribution in [2.24, 2.45) is 0 Å². The van der Waals surface area contributed by atoms with Crippen LogP contribution < -0.4 is 19.5 Å². The zero-order chi connectivity index (χ0) is 22.9. The second kappa shape index (κ2) is 11.1. The zero-order valence-electron chi connectivity index (χ0n) is 17.0. The Morgan fingerprint density at radius 1 is 0.935 bits per heavy atom. The topological polar surface area (TPSA) is 83.1 Å². The first-order valence-electron chi connectivity index (χ1n) is 9.40. The number of hydrogen-bond donors (Lipinski definition) is 1. The maximum atomic E-state index is 12.3. The smallest absolute Gasteiger partial charge is 0.490 e. The van der Waals surface area contributed by atoms with E-state index in [-0.39, 0.29) is 24.5 Å². The molecule has 31 heavy (non-hydrogen) atoms. The molecular formula is C21H22F3NO6. The molecule has 1 amide bonds. The molecule has 0 unspecified atom stereocenters. The van der Waals surface area contributed by atoms with Crippen LogP contribution in [-0.2, 0) is 16.1 Å².